The second-order valence-corrected chi connectivity index (χ2v) is 8.81. The number of aromatic amines is 1. The molecule has 2 aliphatic heterocycles. The van der Waals surface area contributed by atoms with Crippen LogP contribution in [-0.2, 0) is 29.5 Å². The predicted octanol–water partition coefficient (Wildman–Crippen LogP) is 2.29. The number of rotatable bonds is 4. The van der Waals surface area contributed by atoms with E-state index in [1.807, 2.05) is 30.3 Å². The van der Waals surface area contributed by atoms with Crippen LogP contribution in [0.25, 0.3) is 0 Å². The highest BCUT2D eigenvalue weighted by molar-refractivity contribution is 7.71. The Bertz CT molecular complexity index is 1020. The number of aliphatic hydroxyl groups is 1. The maximum absolute atomic E-state index is 12.9. The van der Waals surface area contributed by atoms with E-state index in [2.05, 4.69) is 4.98 Å². The molecule has 150 valence electrons. The van der Waals surface area contributed by atoms with E-state index in [4.69, 9.17) is 30.5 Å². The fraction of sp³-hybridized carbons (Fsp3) is 0.412. The summed E-state index contributed by atoms with van der Waals surface area (Å²) in [6.07, 6.45) is -1.20. The molecular formula is C17H19N2O7PS. The van der Waals surface area contributed by atoms with E-state index in [0.29, 0.717) is 0 Å². The highest BCUT2D eigenvalue weighted by Gasteiger charge is 2.60. The predicted molar refractivity (Wildman–Crippen MR) is 100 cm³/mol. The number of nitrogens with one attached hydrogen (secondary N) is 1. The van der Waals surface area contributed by atoms with Crippen molar-refractivity contribution in [2.45, 2.75) is 37.6 Å². The average molecular weight is 426 g/mol. The molecule has 28 heavy (non-hydrogen) atoms. The molecule has 9 nitrogen and oxygen atoms in total. The summed E-state index contributed by atoms with van der Waals surface area (Å²) in [6, 6.07) is 10.4. The molecule has 1 aromatic carbocycles. The molecule has 5 atom stereocenters. The van der Waals surface area contributed by atoms with E-state index in [0.717, 1.165) is 5.56 Å². The largest absolute Gasteiger partial charge is 0.475 e. The lowest BCUT2D eigenvalue weighted by molar-refractivity contribution is -0.0935. The average Bonchev–Trinajstić information content (AvgIpc) is 2.91. The van der Waals surface area contributed by atoms with Crippen molar-refractivity contribution >= 4 is 20.0 Å². The van der Waals surface area contributed by atoms with Crippen LogP contribution in [0.4, 0.5) is 0 Å². The third-order valence-electron chi connectivity index (χ3n) is 4.69. The van der Waals surface area contributed by atoms with Crippen LogP contribution >= 0.6 is 20.0 Å². The van der Waals surface area contributed by atoms with Gasteiger partial charge in [-0.15, -0.1) is 0 Å². The molecule has 2 aliphatic rings. The van der Waals surface area contributed by atoms with Crippen LogP contribution in [-0.4, -0.2) is 39.1 Å². The molecule has 0 spiro atoms. The summed E-state index contributed by atoms with van der Waals surface area (Å²) in [6.45, 7) is 1.44. The summed E-state index contributed by atoms with van der Waals surface area (Å²) >= 11 is 5.15. The van der Waals surface area contributed by atoms with Gasteiger partial charge in [-0.25, -0.2) is 4.57 Å². The van der Waals surface area contributed by atoms with Gasteiger partial charge in [-0.3, -0.25) is 27.9 Å². The first kappa shape index (κ1) is 19.7. The molecule has 0 amide bonds. The summed E-state index contributed by atoms with van der Waals surface area (Å²) < 4.78 is 36.5. The number of hydrogen-bond acceptors (Lipinski definition) is 8. The van der Waals surface area contributed by atoms with Gasteiger partial charge >= 0.3 is 7.82 Å². The molecule has 0 aliphatic carbocycles. The minimum absolute atomic E-state index is 0.0346. The topological polar surface area (TPSA) is 112 Å². The molecule has 2 aromatic rings. The van der Waals surface area contributed by atoms with Crippen molar-refractivity contribution in [3.8, 4) is 0 Å². The summed E-state index contributed by atoms with van der Waals surface area (Å²) in [5, 5.41) is 11.1. The van der Waals surface area contributed by atoms with E-state index < -0.39 is 31.9 Å². The number of fused-ring (bicyclic) bond motifs is 1. The maximum Gasteiger partial charge on any atom is 0.475 e. The lowest BCUT2D eigenvalue weighted by Crippen LogP contribution is -2.47. The maximum atomic E-state index is 12.9. The zero-order valence-electron chi connectivity index (χ0n) is 14.9. The molecule has 0 saturated carbocycles. The van der Waals surface area contributed by atoms with Crippen molar-refractivity contribution in [1.29, 1.82) is 0 Å². The Morgan fingerprint density at radius 1 is 1.39 bits per heavy atom. The highest BCUT2D eigenvalue weighted by atomic mass is 32.1. The molecule has 2 unspecified atom stereocenters. The van der Waals surface area contributed by atoms with Gasteiger partial charge in [0, 0.05) is 12.3 Å². The van der Waals surface area contributed by atoms with Gasteiger partial charge in [0.1, 0.15) is 17.8 Å². The molecular weight excluding hydrogens is 407 g/mol. The van der Waals surface area contributed by atoms with E-state index in [-0.39, 0.29) is 23.5 Å². The van der Waals surface area contributed by atoms with Crippen LogP contribution in [0.2, 0.25) is 0 Å². The van der Waals surface area contributed by atoms with Crippen LogP contribution in [0, 0.1) is 4.77 Å². The van der Waals surface area contributed by atoms with Crippen molar-refractivity contribution in [2.24, 2.45) is 0 Å². The Kier molecular flexibility index (Phi) is 5.13. The van der Waals surface area contributed by atoms with E-state index >= 15 is 0 Å². The SMILES string of the molecule is CC1(O)[C@H]2OP(=O)(OCc3ccccc3)OC[C@H]2O[C@H]1n1ccc(=O)[nH]c1=S. The van der Waals surface area contributed by atoms with Crippen molar-refractivity contribution in [3.63, 3.8) is 0 Å². The second kappa shape index (κ2) is 7.31. The van der Waals surface area contributed by atoms with Gasteiger partial charge < -0.3 is 9.84 Å². The number of benzene rings is 1. The van der Waals surface area contributed by atoms with Gasteiger partial charge in [0.05, 0.1) is 13.2 Å². The minimum atomic E-state index is -3.90. The summed E-state index contributed by atoms with van der Waals surface area (Å²) in [4.78, 5) is 13.9. The standard InChI is InChI=1S/C17H19N2O7PS/c1-17(21)14-12(25-15(17)19-8-7-13(20)18-16(19)28)10-24-27(22,26-14)23-9-11-5-3-2-4-6-11/h2-8,12,14-15,21H,9-10H2,1H3,(H,18,20,28)/t12-,14+,15-,17?,27?/m1/s1. The number of hydrogen-bond donors (Lipinski definition) is 2. The van der Waals surface area contributed by atoms with Gasteiger partial charge in [-0.05, 0) is 24.7 Å². The molecule has 2 N–H and O–H groups in total. The lowest BCUT2D eigenvalue weighted by Gasteiger charge is -2.35. The van der Waals surface area contributed by atoms with Gasteiger partial charge in [0.25, 0.3) is 5.56 Å². The molecule has 3 heterocycles. The first-order chi connectivity index (χ1) is 13.3. The first-order valence-electron chi connectivity index (χ1n) is 8.59. The number of H-pyrrole nitrogens is 1. The zero-order chi connectivity index (χ0) is 19.9. The Hall–Kier alpha value is -1.65. The normalized spacial score (nSPS) is 34.9. The number of phosphoric ester groups is 1. The summed E-state index contributed by atoms with van der Waals surface area (Å²) in [5.74, 6) is 0. The quantitative estimate of drug-likeness (QED) is 0.566. The number of aromatic nitrogens is 2. The Labute approximate surface area is 165 Å². The van der Waals surface area contributed by atoms with E-state index in [9.17, 15) is 14.5 Å². The van der Waals surface area contributed by atoms with E-state index in [1.54, 1.807) is 0 Å². The fourth-order valence-corrected chi connectivity index (χ4v) is 5.00. The Morgan fingerprint density at radius 3 is 2.86 bits per heavy atom. The van der Waals surface area contributed by atoms with Crippen LogP contribution < -0.4 is 5.56 Å². The lowest BCUT2D eigenvalue weighted by atomic mass is 9.96. The molecule has 11 heteroatoms. The molecule has 1 aromatic heterocycles. The number of ether oxygens (including phenoxy) is 1. The molecule has 4 rings (SSSR count). The van der Waals surface area contributed by atoms with E-state index in [1.165, 1.54) is 23.8 Å². The Balaban J connectivity index is 1.54. The van der Waals surface area contributed by atoms with Gasteiger partial charge in [0.15, 0.2) is 11.0 Å². The third kappa shape index (κ3) is 3.65. The fourth-order valence-electron chi connectivity index (χ4n) is 3.28. The van der Waals surface area contributed by atoms with Crippen molar-refractivity contribution in [1.82, 2.24) is 9.55 Å². The minimum Gasteiger partial charge on any atom is -0.383 e. The summed E-state index contributed by atoms with van der Waals surface area (Å²) in [7, 11) is -3.90. The third-order valence-corrected chi connectivity index (χ3v) is 6.40. The number of nitrogens with zero attached hydrogens (tertiary/aromatic N) is 1. The van der Waals surface area contributed by atoms with Crippen LogP contribution in [0.15, 0.2) is 47.4 Å². The van der Waals surface area contributed by atoms with Gasteiger partial charge in [-0.1, -0.05) is 30.3 Å². The zero-order valence-corrected chi connectivity index (χ0v) is 16.6. The highest BCUT2D eigenvalue weighted by Crippen LogP contribution is 2.59. The van der Waals surface area contributed by atoms with Crippen LogP contribution in [0.1, 0.15) is 18.7 Å². The molecule has 0 radical (unpaired) electrons. The van der Waals surface area contributed by atoms with Gasteiger partial charge in [0.2, 0.25) is 0 Å². The monoisotopic (exact) mass is 426 g/mol. The van der Waals surface area contributed by atoms with Gasteiger partial charge in [-0.2, -0.15) is 0 Å². The Morgan fingerprint density at radius 2 is 2.14 bits per heavy atom. The molecule has 2 fully saturated rings. The van der Waals surface area contributed by atoms with Crippen molar-refractivity contribution in [3.05, 3.63) is 63.3 Å². The smallest absolute Gasteiger partial charge is 0.383 e. The summed E-state index contributed by atoms with van der Waals surface area (Å²) in [5.41, 5.74) is -1.16. The molecule has 0 bridgehead atoms. The van der Waals surface area contributed by atoms with Crippen molar-refractivity contribution < 1.29 is 28.0 Å². The first-order valence-corrected chi connectivity index (χ1v) is 10.5. The van der Waals surface area contributed by atoms with Crippen molar-refractivity contribution in [2.75, 3.05) is 6.61 Å². The van der Waals surface area contributed by atoms with Crippen LogP contribution in [0.3, 0.4) is 0 Å². The second-order valence-electron chi connectivity index (χ2n) is 6.80. The van der Waals surface area contributed by atoms with Crippen LogP contribution in [0.5, 0.6) is 0 Å². The molecule has 2 saturated heterocycles. The number of phosphoric acid groups is 1.